The second-order valence-corrected chi connectivity index (χ2v) is 10.6. The number of carbonyl (C=O) groups is 2. The summed E-state index contributed by atoms with van der Waals surface area (Å²) in [4.78, 5) is 24.1. The number of nitriles is 1. The van der Waals surface area contributed by atoms with Crippen molar-refractivity contribution in [3.63, 3.8) is 0 Å². The van der Waals surface area contributed by atoms with E-state index in [1.807, 2.05) is 24.3 Å². The van der Waals surface area contributed by atoms with Crippen molar-refractivity contribution >= 4 is 17.6 Å². The third kappa shape index (κ3) is 4.63. The molecule has 5 N–H and O–H groups in total. The van der Waals surface area contributed by atoms with Crippen LogP contribution in [-0.2, 0) is 15.2 Å². The number of nitrogens with one attached hydrogen (secondary N) is 3. The molecule has 2 aliphatic heterocycles. The summed E-state index contributed by atoms with van der Waals surface area (Å²) in [5.41, 5.74) is 4.18. The predicted octanol–water partition coefficient (Wildman–Crippen LogP) is 2.29. The first kappa shape index (κ1) is 24.0. The van der Waals surface area contributed by atoms with Crippen molar-refractivity contribution in [3.05, 3.63) is 29.8 Å². The number of hydrogen-bond acceptors (Lipinski definition) is 7. The van der Waals surface area contributed by atoms with Gasteiger partial charge in [0.05, 0.1) is 29.4 Å². The maximum atomic E-state index is 12.9. The molecule has 0 spiro atoms. The molecule has 2 saturated carbocycles. The van der Waals surface area contributed by atoms with Crippen molar-refractivity contribution in [1.29, 1.82) is 5.26 Å². The van der Waals surface area contributed by atoms with E-state index < -0.39 is 11.6 Å². The van der Waals surface area contributed by atoms with Crippen LogP contribution in [0.2, 0.25) is 0 Å². The molecule has 1 amide bonds. The van der Waals surface area contributed by atoms with Crippen molar-refractivity contribution in [2.75, 3.05) is 11.9 Å². The number of fused-ring (bicyclic) bond motifs is 1. The zero-order valence-electron chi connectivity index (χ0n) is 19.9. The fraction of sp³-hybridized carbons (Fsp3) is 0.654. The van der Waals surface area contributed by atoms with E-state index in [0.29, 0.717) is 32.2 Å². The molecule has 1 aromatic rings. The Morgan fingerprint density at radius 3 is 2.49 bits per heavy atom. The molecule has 0 bridgehead atoms. The highest BCUT2D eigenvalue weighted by Gasteiger charge is 2.51. The molecule has 9 heteroatoms. The zero-order valence-corrected chi connectivity index (χ0v) is 19.9. The van der Waals surface area contributed by atoms with Gasteiger partial charge < -0.3 is 20.8 Å². The maximum absolute atomic E-state index is 12.9. The van der Waals surface area contributed by atoms with Crippen LogP contribution in [0.4, 0.5) is 5.69 Å². The van der Waals surface area contributed by atoms with E-state index in [4.69, 9.17) is 0 Å². The Balaban J connectivity index is 1.30. The summed E-state index contributed by atoms with van der Waals surface area (Å²) in [6.45, 7) is 0.644. The molecule has 5 rings (SSSR count). The molecule has 2 heterocycles. The van der Waals surface area contributed by atoms with Crippen LogP contribution >= 0.6 is 0 Å². The van der Waals surface area contributed by atoms with Crippen LogP contribution in [0.5, 0.6) is 0 Å². The Kier molecular flexibility index (Phi) is 6.71. The second kappa shape index (κ2) is 9.76. The molecule has 188 valence electrons. The number of carboxylic acids is 1. The molecule has 0 aromatic heterocycles. The number of hydrazine groups is 1. The van der Waals surface area contributed by atoms with Gasteiger partial charge in [-0.2, -0.15) is 5.26 Å². The SMILES string of the molecule is N#C[C@H]1CCCC[C@@H]1N1NC(Nc2ccc(C3(O)CCC(C(=O)O)CC3)cc2)C2C(=O)NCCC21. The Hall–Kier alpha value is -2.67. The zero-order chi connectivity index (χ0) is 24.6. The molecule has 2 saturated heterocycles. The standard InChI is InChI=1S/C26H35N5O4/c27-15-17-3-1-2-4-20(17)31-21-11-14-28-24(32)22(21)23(30-31)29-19-7-5-18(6-8-19)26(35)12-9-16(10-13-26)25(33)34/h5-8,16-17,20-23,29-30,35H,1-4,9-14H2,(H,28,32)(H,33,34)/t16?,17-,20+,21?,22?,23?,26?/m1/s1. The molecule has 4 aliphatic rings. The summed E-state index contributed by atoms with van der Waals surface area (Å²) in [5, 5.41) is 38.8. The first-order valence-corrected chi connectivity index (χ1v) is 12.9. The summed E-state index contributed by atoms with van der Waals surface area (Å²) in [7, 11) is 0. The van der Waals surface area contributed by atoms with Gasteiger partial charge in [-0.25, -0.2) is 10.4 Å². The number of carbonyl (C=O) groups excluding carboxylic acids is 1. The minimum atomic E-state index is -1.01. The molecule has 4 fully saturated rings. The number of amides is 1. The molecule has 1 aromatic carbocycles. The average molecular weight is 482 g/mol. The largest absolute Gasteiger partial charge is 0.481 e. The predicted molar refractivity (Wildman–Crippen MR) is 129 cm³/mol. The average Bonchev–Trinajstić information content (AvgIpc) is 3.24. The molecular formula is C26H35N5O4. The summed E-state index contributed by atoms with van der Waals surface area (Å²) in [5.74, 6) is -1.44. The van der Waals surface area contributed by atoms with Crippen LogP contribution in [-0.4, -0.2) is 51.9 Å². The van der Waals surface area contributed by atoms with E-state index in [-0.39, 0.29) is 41.9 Å². The molecule has 3 unspecified atom stereocenters. The van der Waals surface area contributed by atoms with Crippen molar-refractivity contribution in [2.24, 2.45) is 17.8 Å². The first-order valence-electron chi connectivity index (χ1n) is 12.9. The number of aliphatic hydroxyl groups is 1. The molecule has 0 radical (unpaired) electrons. The molecule has 9 nitrogen and oxygen atoms in total. The van der Waals surface area contributed by atoms with E-state index >= 15 is 0 Å². The number of nitrogens with zero attached hydrogens (tertiary/aromatic N) is 2. The fourth-order valence-electron chi connectivity index (χ4n) is 6.58. The summed E-state index contributed by atoms with van der Waals surface area (Å²) >= 11 is 0. The molecular weight excluding hydrogens is 446 g/mol. The van der Waals surface area contributed by atoms with E-state index in [9.17, 15) is 25.1 Å². The number of rotatable bonds is 5. The quantitative estimate of drug-likeness (QED) is 0.432. The Morgan fingerprint density at radius 1 is 1.09 bits per heavy atom. The third-order valence-corrected chi connectivity index (χ3v) is 8.62. The number of hydrogen-bond donors (Lipinski definition) is 5. The van der Waals surface area contributed by atoms with Crippen molar-refractivity contribution < 1.29 is 19.8 Å². The van der Waals surface area contributed by atoms with Crippen LogP contribution in [0.3, 0.4) is 0 Å². The topological polar surface area (TPSA) is 138 Å². The number of anilines is 1. The summed E-state index contributed by atoms with van der Waals surface area (Å²) < 4.78 is 0. The number of aliphatic carboxylic acids is 1. The van der Waals surface area contributed by atoms with E-state index in [1.54, 1.807) is 0 Å². The lowest BCUT2D eigenvalue weighted by molar-refractivity contribution is -0.145. The lowest BCUT2D eigenvalue weighted by Gasteiger charge is -2.39. The van der Waals surface area contributed by atoms with Crippen molar-refractivity contribution in [2.45, 2.75) is 81.6 Å². The minimum absolute atomic E-state index is 0.0270. The van der Waals surface area contributed by atoms with Crippen molar-refractivity contribution in [3.8, 4) is 6.07 Å². The van der Waals surface area contributed by atoms with Gasteiger partial charge in [-0.15, -0.1) is 0 Å². The highest BCUT2D eigenvalue weighted by atomic mass is 16.4. The molecule has 5 atom stereocenters. The lowest BCUT2D eigenvalue weighted by Crippen LogP contribution is -2.54. The Labute approximate surface area is 205 Å². The highest BCUT2D eigenvalue weighted by molar-refractivity contribution is 5.82. The van der Waals surface area contributed by atoms with Gasteiger partial charge in [0.25, 0.3) is 0 Å². The number of carboxylic acid groups (broad SMARTS) is 1. The fourth-order valence-corrected chi connectivity index (χ4v) is 6.58. The Morgan fingerprint density at radius 2 is 1.80 bits per heavy atom. The summed E-state index contributed by atoms with van der Waals surface area (Å²) in [6.07, 6.45) is 6.39. The van der Waals surface area contributed by atoms with Gasteiger partial charge in [-0.3, -0.25) is 9.59 Å². The van der Waals surface area contributed by atoms with E-state index in [2.05, 4.69) is 27.1 Å². The normalized spacial score (nSPS) is 37.7. The van der Waals surface area contributed by atoms with Gasteiger partial charge in [0, 0.05) is 24.3 Å². The summed E-state index contributed by atoms with van der Waals surface area (Å²) in [6, 6.07) is 10.3. The number of benzene rings is 1. The van der Waals surface area contributed by atoms with Crippen LogP contribution in [0.15, 0.2) is 24.3 Å². The highest BCUT2D eigenvalue weighted by Crippen LogP contribution is 2.40. The first-order chi connectivity index (χ1) is 16.9. The third-order valence-electron chi connectivity index (χ3n) is 8.62. The van der Waals surface area contributed by atoms with Crippen LogP contribution in [0.25, 0.3) is 0 Å². The lowest BCUT2D eigenvalue weighted by atomic mass is 9.75. The van der Waals surface area contributed by atoms with Gasteiger partial charge in [-0.1, -0.05) is 25.0 Å². The number of piperidine rings is 1. The Bertz CT molecular complexity index is 984. The van der Waals surface area contributed by atoms with Crippen LogP contribution < -0.4 is 16.1 Å². The smallest absolute Gasteiger partial charge is 0.306 e. The van der Waals surface area contributed by atoms with Gasteiger partial charge in [0.15, 0.2) is 0 Å². The monoisotopic (exact) mass is 481 g/mol. The van der Waals surface area contributed by atoms with Crippen LogP contribution in [0.1, 0.15) is 63.4 Å². The van der Waals surface area contributed by atoms with Gasteiger partial charge >= 0.3 is 5.97 Å². The second-order valence-electron chi connectivity index (χ2n) is 10.6. The molecule has 35 heavy (non-hydrogen) atoms. The minimum Gasteiger partial charge on any atom is -0.481 e. The van der Waals surface area contributed by atoms with Gasteiger partial charge in [-0.05, 0) is 62.6 Å². The van der Waals surface area contributed by atoms with Gasteiger partial charge in [0.2, 0.25) is 5.91 Å². The van der Waals surface area contributed by atoms with Gasteiger partial charge in [0.1, 0.15) is 6.17 Å². The van der Waals surface area contributed by atoms with E-state index in [1.165, 1.54) is 0 Å². The van der Waals surface area contributed by atoms with E-state index in [0.717, 1.165) is 43.4 Å². The van der Waals surface area contributed by atoms with Crippen molar-refractivity contribution in [1.82, 2.24) is 15.8 Å². The maximum Gasteiger partial charge on any atom is 0.306 e. The van der Waals surface area contributed by atoms with Crippen LogP contribution in [0, 0.1) is 29.1 Å². The molecule has 2 aliphatic carbocycles.